The zero-order valence-electron chi connectivity index (χ0n) is 53.3. The third-order valence-corrected chi connectivity index (χ3v) is 15.5. The number of rotatable bonds is 64. The summed E-state index contributed by atoms with van der Waals surface area (Å²) in [6.07, 6.45) is 89.2. The van der Waals surface area contributed by atoms with E-state index >= 15 is 0 Å². The molecule has 0 aromatic carbocycles. The van der Waals surface area contributed by atoms with Gasteiger partial charge in [0.1, 0.15) is 13.2 Å². The molecule has 6 nitrogen and oxygen atoms in total. The van der Waals surface area contributed by atoms with Crippen molar-refractivity contribution in [2.75, 3.05) is 13.2 Å². The molecule has 6 heteroatoms. The minimum absolute atomic E-state index is 0.0785. The molecule has 0 rings (SSSR count). The van der Waals surface area contributed by atoms with E-state index in [9.17, 15) is 14.4 Å². The molecule has 0 aliphatic heterocycles. The summed E-state index contributed by atoms with van der Waals surface area (Å²) in [5.41, 5.74) is 0. The van der Waals surface area contributed by atoms with Crippen LogP contribution in [0.5, 0.6) is 0 Å². The minimum Gasteiger partial charge on any atom is -0.462 e. The number of hydrogen-bond acceptors (Lipinski definition) is 6. The van der Waals surface area contributed by atoms with Gasteiger partial charge >= 0.3 is 17.9 Å². The van der Waals surface area contributed by atoms with Crippen LogP contribution in [0.2, 0.25) is 0 Å². The van der Waals surface area contributed by atoms with Crippen LogP contribution < -0.4 is 0 Å². The van der Waals surface area contributed by atoms with Crippen LogP contribution >= 0.6 is 0 Å². The number of ether oxygens (including phenoxy) is 3. The summed E-state index contributed by atoms with van der Waals surface area (Å²) in [7, 11) is 0. The molecule has 0 fully saturated rings. The molecule has 0 amide bonds. The van der Waals surface area contributed by atoms with Gasteiger partial charge in [0.25, 0.3) is 0 Å². The lowest BCUT2D eigenvalue weighted by Crippen LogP contribution is -2.30. The van der Waals surface area contributed by atoms with Crippen molar-refractivity contribution in [3.05, 3.63) is 72.9 Å². The summed E-state index contributed by atoms with van der Waals surface area (Å²) in [5, 5.41) is 0. The summed E-state index contributed by atoms with van der Waals surface area (Å²) in [6.45, 7) is 6.57. The van der Waals surface area contributed by atoms with Gasteiger partial charge in [-0.3, -0.25) is 14.4 Å². The van der Waals surface area contributed by atoms with E-state index in [1.165, 1.54) is 212 Å². The molecule has 0 heterocycles. The average Bonchev–Trinajstić information content (AvgIpc) is 3.46. The van der Waals surface area contributed by atoms with Crippen molar-refractivity contribution >= 4 is 17.9 Å². The Labute approximate surface area is 497 Å². The predicted molar refractivity (Wildman–Crippen MR) is 348 cm³/mol. The molecule has 0 aromatic heterocycles. The van der Waals surface area contributed by atoms with Crippen molar-refractivity contribution in [3.8, 4) is 0 Å². The van der Waals surface area contributed by atoms with Crippen LogP contribution in [-0.2, 0) is 28.6 Å². The lowest BCUT2D eigenvalue weighted by atomic mass is 10.0. The van der Waals surface area contributed by atoms with Gasteiger partial charge in [0.05, 0.1) is 0 Å². The highest BCUT2D eigenvalue weighted by Crippen LogP contribution is 2.18. The maximum absolute atomic E-state index is 13.0. The normalized spacial score (nSPS) is 12.5. The molecule has 0 aromatic rings. The van der Waals surface area contributed by atoms with Gasteiger partial charge in [-0.15, -0.1) is 0 Å². The van der Waals surface area contributed by atoms with Gasteiger partial charge in [-0.25, -0.2) is 0 Å². The Morgan fingerprint density at radius 3 is 0.762 bits per heavy atom. The molecule has 1 unspecified atom stereocenters. The van der Waals surface area contributed by atoms with Gasteiger partial charge in [0.2, 0.25) is 0 Å². The first kappa shape index (κ1) is 76.9. The first-order chi connectivity index (χ1) is 39.5. The summed E-state index contributed by atoms with van der Waals surface area (Å²) >= 11 is 0. The second-order valence-corrected chi connectivity index (χ2v) is 23.4. The van der Waals surface area contributed by atoms with E-state index in [2.05, 4.69) is 93.7 Å². The maximum atomic E-state index is 13.0. The lowest BCUT2D eigenvalue weighted by molar-refractivity contribution is -0.167. The van der Waals surface area contributed by atoms with Gasteiger partial charge in [-0.2, -0.15) is 0 Å². The fraction of sp³-hybridized carbons (Fsp3) is 0.797. The molecule has 80 heavy (non-hydrogen) atoms. The van der Waals surface area contributed by atoms with Crippen molar-refractivity contribution in [3.63, 3.8) is 0 Å². The monoisotopic (exact) mass is 1120 g/mol. The fourth-order valence-corrected chi connectivity index (χ4v) is 10.3. The first-order valence-electron chi connectivity index (χ1n) is 34.9. The number of allylic oxidation sites excluding steroid dienone is 12. The van der Waals surface area contributed by atoms with E-state index in [0.717, 1.165) is 109 Å². The highest BCUT2D eigenvalue weighted by molar-refractivity contribution is 5.71. The summed E-state index contributed by atoms with van der Waals surface area (Å²) in [4.78, 5) is 38.5. The standard InChI is InChI=1S/C74H132O6/c1-4-7-10-13-16-19-22-25-28-31-34-36-37-38-41-43-46-49-52-55-58-61-64-67-73(76)79-70-71(69-78-72(75)66-63-60-57-54-51-48-45-42-39-33-30-27-24-21-18-15-12-9-6-3)80-74(77)68-65-62-59-56-53-50-47-44-40-35-32-29-26-23-20-17-14-11-8-5-2/h7,10,16,19,25,28,34,36,38,41,46,49,71H,4-6,8-9,11-15,17-18,20-24,26-27,29-33,35,37,39-40,42-45,47-48,50-70H2,1-3H3/b10-7-,19-16-,28-25-,36-34-,41-38-,49-46-. The van der Waals surface area contributed by atoms with E-state index in [4.69, 9.17) is 14.2 Å². The second-order valence-electron chi connectivity index (χ2n) is 23.4. The number of carbonyl (C=O) groups excluding carboxylic acids is 3. The van der Waals surface area contributed by atoms with Gasteiger partial charge in [0, 0.05) is 19.3 Å². The van der Waals surface area contributed by atoms with Gasteiger partial charge < -0.3 is 14.2 Å². The van der Waals surface area contributed by atoms with Crippen molar-refractivity contribution in [2.24, 2.45) is 0 Å². The fourth-order valence-electron chi connectivity index (χ4n) is 10.3. The molecule has 464 valence electrons. The largest absolute Gasteiger partial charge is 0.462 e. The summed E-state index contributed by atoms with van der Waals surface area (Å²) in [5.74, 6) is -0.879. The van der Waals surface area contributed by atoms with E-state index in [1.54, 1.807) is 0 Å². The SMILES string of the molecule is CC/C=C\C/C=C\C/C=C\C/C=C\C/C=C\C/C=C\CCCCCCC(=O)OCC(COC(=O)CCCCCCCCCCCCCCCCCCCCC)OC(=O)CCCCCCCCCCCCCCCCCCCCCC. The number of carbonyl (C=O) groups is 3. The lowest BCUT2D eigenvalue weighted by Gasteiger charge is -2.18. The summed E-state index contributed by atoms with van der Waals surface area (Å²) in [6, 6.07) is 0. The molecule has 0 bridgehead atoms. The molecule has 0 N–H and O–H groups in total. The highest BCUT2D eigenvalue weighted by atomic mass is 16.6. The number of unbranched alkanes of at least 4 members (excludes halogenated alkanes) is 41. The van der Waals surface area contributed by atoms with Crippen LogP contribution in [0.4, 0.5) is 0 Å². The smallest absolute Gasteiger partial charge is 0.306 e. The van der Waals surface area contributed by atoms with Crippen molar-refractivity contribution in [1.29, 1.82) is 0 Å². The summed E-state index contributed by atoms with van der Waals surface area (Å²) < 4.78 is 17.0. The molecule has 0 radical (unpaired) electrons. The third-order valence-electron chi connectivity index (χ3n) is 15.5. The van der Waals surface area contributed by atoms with Crippen molar-refractivity contribution in [2.45, 2.75) is 367 Å². The third kappa shape index (κ3) is 65.7. The Kier molecular flexibility index (Phi) is 65.7. The topological polar surface area (TPSA) is 78.9 Å². The Morgan fingerprint density at radius 2 is 0.487 bits per heavy atom. The predicted octanol–water partition coefficient (Wildman–Crippen LogP) is 24.1. The van der Waals surface area contributed by atoms with Crippen molar-refractivity contribution in [1.82, 2.24) is 0 Å². The Hall–Kier alpha value is -3.15. The number of esters is 3. The van der Waals surface area contributed by atoms with Crippen molar-refractivity contribution < 1.29 is 28.6 Å². The minimum atomic E-state index is -0.785. The van der Waals surface area contributed by atoms with E-state index in [1.807, 2.05) is 0 Å². The molecule has 0 spiro atoms. The van der Waals surface area contributed by atoms with Crippen LogP contribution in [-0.4, -0.2) is 37.2 Å². The molecule has 0 saturated carbocycles. The van der Waals surface area contributed by atoms with E-state index < -0.39 is 6.10 Å². The van der Waals surface area contributed by atoms with Crippen LogP contribution in [0.15, 0.2) is 72.9 Å². The molecular weight excluding hydrogens is 985 g/mol. The molecule has 1 atom stereocenters. The van der Waals surface area contributed by atoms with E-state index in [0.29, 0.717) is 19.3 Å². The molecular formula is C74H132O6. The van der Waals surface area contributed by atoms with E-state index in [-0.39, 0.29) is 31.1 Å². The second kappa shape index (κ2) is 68.3. The quantitative estimate of drug-likeness (QED) is 0.0261. The van der Waals surface area contributed by atoms with Crippen LogP contribution in [0.3, 0.4) is 0 Å². The Morgan fingerprint density at radius 1 is 0.263 bits per heavy atom. The van der Waals surface area contributed by atoms with Crippen LogP contribution in [0, 0.1) is 0 Å². The highest BCUT2D eigenvalue weighted by Gasteiger charge is 2.19. The van der Waals surface area contributed by atoms with Gasteiger partial charge in [0.15, 0.2) is 6.10 Å². The van der Waals surface area contributed by atoms with Gasteiger partial charge in [-0.1, -0.05) is 344 Å². The molecule has 0 aliphatic rings. The average molecular weight is 1120 g/mol. The number of hydrogen-bond donors (Lipinski definition) is 0. The van der Waals surface area contributed by atoms with Crippen LogP contribution in [0.25, 0.3) is 0 Å². The Bertz CT molecular complexity index is 1470. The molecule has 0 saturated heterocycles. The van der Waals surface area contributed by atoms with Gasteiger partial charge in [-0.05, 0) is 70.6 Å². The van der Waals surface area contributed by atoms with Crippen LogP contribution in [0.1, 0.15) is 361 Å². The zero-order valence-corrected chi connectivity index (χ0v) is 53.3. The molecule has 0 aliphatic carbocycles. The first-order valence-corrected chi connectivity index (χ1v) is 34.9. The zero-order chi connectivity index (χ0) is 57.8. The maximum Gasteiger partial charge on any atom is 0.306 e. The Balaban J connectivity index is 4.39.